The Hall–Kier alpha value is -1.55. The molecule has 0 aliphatic carbocycles. The number of nitrogens with one attached hydrogen (secondary N) is 1. The van der Waals surface area contributed by atoms with Crippen molar-refractivity contribution >= 4 is 11.6 Å². The first-order valence-corrected chi connectivity index (χ1v) is 7.57. The molecule has 0 unspecified atom stereocenters. The molecule has 0 heterocycles. The minimum Gasteiger partial charge on any atom is -0.370 e. The molecule has 1 aromatic rings. The number of rotatable bonds is 8. The molecule has 0 spiro atoms. The van der Waals surface area contributed by atoms with Gasteiger partial charge in [0.25, 0.3) is 0 Å². The first kappa shape index (κ1) is 16.5. The number of benzene rings is 1. The molecule has 0 aromatic heterocycles. The monoisotopic (exact) mass is 276 g/mol. The third-order valence-corrected chi connectivity index (χ3v) is 3.32. The average Bonchev–Trinajstić information content (AvgIpc) is 2.47. The predicted molar refractivity (Wildman–Crippen MR) is 88.3 cm³/mol. The Balaban J connectivity index is 2.40. The maximum absolute atomic E-state index is 5.90. The van der Waals surface area contributed by atoms with Crippen molar-refractivity contribution in [3.05, 3.63) is 29.8 Å². The van der Waals surface area contributed by atoms with Gasteiger partial charge in [0.2, 0.25) is 0 Å². The molecule has 3 N–H and O–H groups in total. The molecule has 4 nitrogen and oxygen atoms in total. The second-order valence-corrected chi connectivity index (χ2v) is 4.88. The van der Waals surface area contributed by atoms with E-state index in [4.69, 9.17) is 5.73 Å². The number of guanidine groups is 1. The van der Waals surface area contributed by atoms with E-state index in [2.05, 4.69) is 48.1 Å². The number of aryl methyl sites for hydroxylation is 1. The van der Waals surface area contributed by atoms with E-state index in [1.54, 1.807) is 0 Å². The van der Waals surface area contributed by atoms with Gasteiger partial charge in [0.1, 0.15) is 0 Å². The molecule has 4 heteroatoms. The first-order valence-electron chi connectivity index (χ1n) is 7.57. The van der Waals surface area contributed by atoms with Crippen LogP contribution in [0.5, 0.6) is 0 Å². The molecule has 0 aliphatic heterocycles. The van der Waals surface area contributed by atoms with Gasteiger partial charge >= 0.3 is 0 Å². The maximum Gasteiger partial charge on any atom is 0.193 e. The van der Waals surface area contributed by atoms with Gasteiger partial charge in [-0.15, -0.1) is 0 Å². The normalized spacial score (nSPS) is 11.9. The van der Waals surface area contributed by atoms with Crippen molar-refractivity contribution in [2.24, 2.45) is 10.7 Å². The number of nitrogens with two attached hydrogens (primary N) is 1. The molecule has 0 amide bonds. The molecular weight excluding hydrogens is 248 g/mol. The largest absolute Gasteiger partial charge is 0.370 e. The Labute approximate surface area is 123 Å². The maximum atomic E-state index is 5.90. The molecule has 0 saturated heterocycles. The van der Waals surface area contributed by atoms with Crippen LogP contribution < -0.4 is 11.1 Å². The number of aliphatic imine (C=N–C) groups is 1. The summed E-state index contributed by atoms with van der Waals surface area (Å²) in [6.45, 7) is 10.4. The number of hydrogen-bond acceptors (Lipinski definition) is 2. The number of hydrogen-bond donors (Lipinski definition) is 2. The van der Waals surface area contributed by atoms with Crippen LogP contribution >= 0.6 is 0 Å². The van der Waals surface area contributed by atoms with Gasteiger partial charge in [-0.2, -0.15) is 0 Å². The number of likely N-dealkylation sites (N-methyl/N-ethyl adjacent to an activating group) is 1. The quantitative estimate of drug-likeness (QED) is 0.567. The molecule has 1 rings (SSSR count). The van der Waals surface area contributed by atoms with Gasteiger partial charge in [-0.1, -0.05) is 32.9 Å². The van der Waals surface area contributed by atoms with Gasteiger partial charge < -0.3 is 16.0 Å². The third-order valence-electron chi connectivity index (χ3n) is 3.32. The lowest BCUT2D eigenvalue weighted by atomic mass is 10.1. The summed E-state index contributed by atoms with van der Waals surface area (Å²) in [5.41, 5.74) is 8.21. The zero-order valence-corrected chi connectivity index (χ0v) is 13.0. The molecule has 0 fully saturated rings. The highest BCUT2D eigenvalue weighted by Gasteiger charge is 2.00. The van der Waals surface area contributed by atoms with E-state index >= 15 is 0 Å². The lowest BCUT2D eigenvalue weighted by Gasteiger charge is -2.18. The van der Waals surface area contributed by atoms with Crippen LogP contribution in [0.1, 0.15) is 32.8 Å². The Morgan fingerprint density at radius 2 is 1.85 bits per heavy atom. The summed E-state index contributed by atoms with van der Waals surface area (Å²) in [7, 11) is 0. The second kappa shape index (κ2) is 9.37. The fourth-order valence-electron chi connectivity index (χ4n) is 2.07. The lowest BCUT2D eigenvalue weighted by Crippen LogP contribution is -2.29. The summed E-state index contributed by atoms with van der Waals surface area (Å²) in [6, 6.07) is 8.29. The fraction of sp³-hybridized carbons (Fsp3) is 0.562. The van der Waals surface area contributed by atoms with Crippen molar-refractivity contribution in [3.63, 3.8) is 0 Å². The molecule has 1 aromatic carbocycles. The van der Waals surface area contributed by atoms with Gasteiger partial charge in [0.05, 0.1) is 6.54 Å². The van der Waals surface area contributed by atoms with Crippen molar-refractivity contribution in [2.75, 3.05) is 31.5 Å². The summed E-state index contributed by atoms with van der Waals surface area (Å²) in [5.74, 6) is 0.488. The number of nitrogens with zero attached hydrogens (tertiary/aromatic N) is 2. The Morgan fingerprint density at radius 3 is 2.40 bits per heavy atom. The molecule has 112 valence electrons. The molecule has 0 saturated carbocycles. The van der Waals surface area contributed by atoms with E-state index in [1.807, 2.05) is 12.1 Å². The second-order valence-electron chi connectivity index (χ2n) is 4.88. The highest BCUT2D eigenvalue weighted by molar-refractivity contribution is 5.92. The van der Waals surface area contributed by atoms with E-state index in [-0.39, 0.29) is 0 Å². The Bertz CT molecular complexity index is 397. The van der Waals surface area contributed by atoms with Crippen LogP contribution in [-0.4, -0.2) is 37.0 Å². The summed E-state index contributed by atoms with van der Waals surface area (Å²) >= 11 is 0. The zero-order valence-electron chi connectivity index (χ0n) is 13.0. The van der Waals surface area contributed by atoms with E-state index in [1.165, 1.54) is 12.0 Å². The lowest BCUT2D eigenvalue weighted by molar-refractivity contribution is 0.297. The molecule has 0 aliphatic rings. The van der Waals surface area contributed by atoms with Crippen molar-refractivity contribution in [1.29, 1.82) is 0 Å². The topological polar surface area (TPSA) is 53.6 Å². The summed E-state index contributed by atoms with van der Waals surface area (Å²) in [5, 5.41) is 3.13. The zero-order chi connectivity index (χ0) is 14.8. The van der Waals surface area contributed by atoms with Gasteiger partial charge in [0.15, 0.2) is 5.96 Å². The van der Waals surface area contributed by atoms with E-state index in [0.29, 0.717) is 5.96 Å². The highest BCUT2D eigenvalue weighted by atomic mass is 15.1. The molecule has 0 bridgehead atoms. The van der Waals surface area contributed by atoms with Crippen LogP contribution in [0.4, 0.5) is 5.69 Å². The van der Waals surface area contributed by atoms with E-state index in [9.17, 15) is 0 Å². The number of anilines is 1. The van der Waals surface area contributed by atoms with Crippen LogP contribution in [0.25, 0.3) is 0 Å². The molecule has 0 atom stereocenters. The Kier molecular flexibility index (Phi) is 7.73. The molecule has 20 heavy (non-hydrogen) atoms. The minimum atomic E-state index is 0.488. The fourth-order valence-corrected chi connectivity index (χ4v) is 2.07. The van der Waals surface area contributed by atoms with Gasteiger partial charge in [0, 0.05) is 12.2 Å². The highest BCUT2D eigenvalue weighted by Crippen LogP contribution is 2.09. The Morgan fingerprint density at radius 1 is 1.15 bits per heavy atom. The van der Waals surface area contributed by atoms with Crippen LogP contribution in [0, 0.1) is 0 Å². The summed E-state index contributed by atoms with van der Waals surface area (Å²) in [4.78, 5) is 6.76. The van der Waals surface area contributed by atoms with Crippen LogP contribution in [0.15, 0.2) is 29.3 Å². The van der Waals surface area contributed by atoms with Gasteiger partial charge in [-0.05, 0) is 43.6 Å². The van der Waals surface area contributed by atoms with Crippen molar-refractivity contribution in [2.45, 2.75) is 33.6 Å². The van der Waals surface area contributed by atoms with Crippen LogP contribution in [-0.2, 0) is 6.42 Å². The van der Waals surface area contributed by atoms with Crippen molar-refractivity contribution < 1.29 is 0 Å². The van der Waals surface area contributed by atoms with Crippen molar-refractivity contribution in [3.8, 4) is 0 Å². The van der Waals surface area contributed by atoms with Crippen LogP contribution in [0.2, 0.25) is 0 Å². The minimum absolute atomic E-state index is 0.488. The smallest absolute Gasteiger partial charge is 0.193 e. The van der Waals surface area contributed by atoms with Gasteiger partial charge in [-0.25, -0.2) is 0 Å². The third kappa shape index (κ3) is 6.06. The van der Waals surface area contributed by atoms with Gasteiger partial charge in [-0.3, -0.25) is 4.99 Å². The van der Waals surface area contributed by atoms with E-state index < -0.39 is 0 Å². The standard InChI is InChI=1S/C16H28N4/c1-4-12-20(6-3)13-11-18-16(17)19-15-9-7-14(5-2)8-10-15/h7-10H,4-6,11-13H2,1-3H3,(H3,17,18,19). The van der Waals surface area contributed by atoms with Crippen LogP contribution in [0.3, 0.4) is 0 Å². The predicted octanol–water partition coefficient (Wildman–Crippen LogP) is 2.71. The summed E-state index contributed by atoms with van der Waals surface area (Å²) < 4.78 is 0. The van der Waals surface area contributed by atoms with E-state index in [0.717, 1.165) is 38.3 Å². The molecule has 0 radical (unpaired) electrons. The SMILES string of the molecule is CCCN(CC)CCN=C(N)Nc1ccc(CC)cc1. The first-order chi connectivity index (χ1) is 9.69. The van der Waals surface area contributed by atoms with Crippen molar-refractivity contribution in [1.82, 2.24) is 4.90 Å². The molecular formula is C16H28N4. The summed E-state index contributed by atoms with van der Waals surface area (Å²) in [6.07, 6.45) is 2.23. The average molecular weight is 276 g/mol.